The fraction of sp³-hybridized carbons (Fsp3) is 0.929. The van der Waals surface area contributed by atoms with E-state index in [0.717, 1.165) is 51.6 Å². The van der Waals surface area contributed by atoms with Gasteiger partial charge < -0.3 is 4.90 Å². The van der Waals surface area contributed by atoms with Crippen LogP contribution >= 0.6 is 11.8 Å². The Morgan fingerprint density at radius 1 is 1.30 bits per heavy atom. The minimum atomic E-state index is -2.91. The first kappa shape index (κ1) is 16.1. The van der Waals surface area contributed by atoms with Crippen molar-refractivity contribution in [1.29, 1.82) is 5.26 Å². The van der Waals surface area contributed by atoms with Crippen molar-refractivity contribution in [2.24, 2.45) is 0 Å². The lowest BCUT2D eigenvalue weighted by Crippen LogP contribution is -2.49. The highest BCUT2D eigenvalue weighted by Gasteiger charge is 2.38. The van der Waals surface area contributed by atoms with Gasteiger partial charge in [0.05, 0.1) is 11.3 Å². The van der Waals surface area contributed by atoms with Gasteiger partial charge >= 0.3 is 0 Å². The van der Waals surface area contributed by atoms with Crippen LogP contribution in [0.2, 0.25) is 0 Å². The van der Waals surface area contributed by atoms with Gasteiger partial charge in [-0.15, -0.1) is 11.8 Å². The molecular formula is C14H24N2O2S2. The molecule has 2 atom stereocenters. The molecule has 1 saturated heterocycles. The number of piperidine rings is 1. The van der Waals surface area contributed by atoms with E-state index in [2.05, 4.69) is 11.0 Å². The predicted octanol–water partition coefficient (Wildman–Crippen LogP) is 2.06. The van der Waals surface area contributed by atoms with Gasteiger partial charge in [0, 0.05) is 25.4 Å². The third-order valence-electron chi connectivity index (χ3n) is 4.92. The summed E-state index contributed by atoms with van der Waals surface area (Å²) >= 11 is 1.66. The van der Waals surface area contributed by atoms with Crippen molar-refractivity contribution in [2.75, 3.05) is 25.6 Å². The van der Waals surface area contributed by atoms with Crippen molar-refractivity contribution in [3.63, 3.8) is 0 Å². The second kappa shape index (κ2) is 6.25. The van der Waals surface area contributed by atoms with Crippen LogP contribution in [0.15, 0.2) is 0 Å². The lowest BCUT2D eigenvalue weighted by Gasteiger charge is -2.42. The topological polar surface area (TPSA) is 61.2 Å². The summed E-state index contributed by atoms with van der Waals surface area (Å²) in [7, 11) is -2.91. The van der Waals surface area contributed by atoms with E-state index < -0.39 is 9.84 Å². The Hall–Kier alpha value is -0.250. The maximum absolute atomic E-state index is 11.7. The average molecular weight is 316 g/mol. The van der Waals surface area contributed by atoms with E-state index >= 15 is 0 Å². The van der Waals surface area contributed by atoms with Crippen LogP contribution in [0.1, 0.15) is 38.5 Å². The third kappa shape index (κ3) is 3.49. The van der Waals surface area contributed by atoms with Crippen LogP contribution in [-0.2, 0) is 9.84 Å². The van der Waals surface area contributed by atoms with Crippen molar-refractivity contribution < 1.29 is 8.42 Å². The quantitative estimate of drug-likeness (QED) is 0.797. The van der Waals surface area contributed by atoms with Crippen molar-refractivity contribution in [1.82, 2.24) is 4.90 Å². The number of rotatable bonds is 3. The van der Waals surface area contributed by atoms with Crippen molar-refractivity contribution in [2.45, 2.75) is 54.6 Å². The van der Waals surface area contributed by atoms with Gasteiger partial charge in [0.2, 0.25) is 0 Å². The van der Waals surface area contributed by atoms with Crippen LogP contribution in [0.5, 0.6) is 0 Å². The highest BCUT2D eigenvalue weighted by atomic mass is 32.2. The molecule has 2 rings (SSSR count). The highest BCUT2D eigenvalue weighted by molar-refractivity contribution is 8.00. The molecule has 20 heavy (non-hydrogen) atoms. The number of hydrogen-bond acceptors (Lipinski definition) is 5. The predicted molar refractivity (Wildman–Crippen MR) is 83.6 cm³/mol. The molecule has 2 aliphatic rings. The normalized spacial score (nSPS) is 31.6. The van der Waals surface area contributed by atoms with Crippen LogP contribution < -0.4 is 0 Å². The Balaban J connectivity index is 1.96. The lowest BCUT2D eigenvalue weighted by atomic mass is 9.90. The Morgan fingerprint density at radius 3 is 2.45 bits per heavy atom. The van der Waals surface area contributed by atoms with Crippen LogP contribution in [0.4, 0.5) is 0 Å². The van der Waals surface area contributed by atoms with Gasteiger partial charge in [0.25, 0.3) is 0 Å². The summed E-state index contributed by atoms with van der Waals surface area (Å²) in [5.41, 5.74) is 0. The molecule has 0 N–H and O–H groups in total. The van der Waals surface area contributed by atoms with E-state index in [-0.39, 0.29) is 10.00 Å². The molecule has 0 radical (unpaired) electrons. The molecule has 2 fully saturated rings. The highest BCUT2D eigenvalue weighted by Crippen LogP contribution is 2.36. The Morgan fingerprint density at radius 2 is 1.95 bits per heavy atom. The number of nitriles is 1. The van der Waals surface area contributed by atoms with E-state index in [0.29, 0.717) is 6.04 Å². The first-order chi connectivity index (χ1) is 9.40. The molecule has 0 aromatic heterocycles. The molecule has 0 amide bonds. The van der Waals surface area contributed by atoms with Crippen LogP contribution in [0, 0.1) is 11.3 Å². The summed E-state index contributed by atoms with van der Waals surface area (Å²) < 4.78 is 23.3. The second-order valence-corrected chi connectivity index (χ2v) is 9.63. The molecule has 1 aliphatic heterocycles. The molecule has 0 bridgehead atoms. The molecule has 1 aliphatic carbocycles. The van der Waals surface area contributed by atoms with Gasteiger partial charge in [-0.2, -0.15) is 5.26 Å². The standard InChI is InChI=1S/C14H24N2O2S2/c1-19-14(11-15)6-8-16(9-7-14)12-4-3-5-13(10-12)20(2,17)18/h12-13H,3-10H2,1-2H3. The fourth-order valence-electron chi connectivity index (χ4n) is 3.45. The zero-order valence-corrected chi connectivity index (χ0v) is 14.0. The fourth-order valence-corrected chi connectivity index (χ4v) is 5.30. The summed E-state index contributed by atoms with van der Waals surface area (Å²) in [5, 5.41) is 9.16. The van der Waals surface area contributed by atoms with E-state index in [1.165, 1.54) is 6.26 Å². The minimum absolute atomic E-state index is 0.163. The van der Waals surface area contributed by atoms with E-state index in [1.807, 2.05) is 6.26 Å². The van der Waals surface area contributed by atoms with E-state index in [9.17, 15) is 13.7 Å². The first-order valence-corrected chi connectivity index (χ1v) is 10.5. The van der Waals surface area contributed by atoms with Gasteiger partial charge in [-0.25, -0.2) is 8.42 Å². The second-order valence-electron chi connectivity index (χ2n) is 6.12. The first-order valence-electron chi connectivity index (χ1n) is 7.29. The Kier molecular flexibility index (Phi) is 5.04. The van der Waals surface area contributed by atoms with Gasteiger partial charge in [0.1, 0.15) is 14.6 Å². The molecule has 4 nitrogen and oxygen atoms in total. The molecule has 0 aromatic carbocycles. The van der Waals surface area contributed by atoms with E-state index in [4.69, 9.17) is 0 Å². The molecule has 6 heteroatoms. The van der Waals surface area contributed by atoms with Crippen LogP contribution in [-0.4, -0.2) is 55.0 Å². The Bertz CT molecular complexity index is 476. The smallest absolute Gasteiger partial charge is 0.150 e. The summed E-state index contributed by atoms with van der Waals surface area (Å²) in [4.78, 5) is 2.42. The van der Waals surface area contributed by atoms with Gasteiger partial charge in [-0.05, 0) is 38.4 Å². The summed E-state index contributed by atoms with van der Waals surface area (Å²) in [6.07, 6.45) is 8.86. The van der Waals surface area contributed by atoms with Gasteiger partial charge in [0.15, 0.2) is 0 Å². The molecular weight excluding hydrogens is 292 g/mol. The molecule has 0 aromatic rings. The van der Waals surface area contributed by atoms with Crippen LogP contribution in [0.25, 0.3) is 0 Å². The maximum atomic E-state index is 11.7. The molecule has 2 unspecified atom stereocenters. The van der Waals surface area contributed by atoms with Crippen molar-refractivity contribution >= 4 is 21.6 Å². The van der Waals surface area contributed by atoms with Crippen molar-refractivity contribution in [3.05, 3.63) is 0 Å². The van der Waals surface area contributed by atoms with Gasteiger partial charge in [-0.3, -0.25) is 0 Å². The SMILES string of the molecule is CSC1(C#N)CCN(C2CCCC(S(C)(=O)=O)C2)CC1. The lowest BCUT2D eigenvalue weighted by molar-refractivity contribution is 0.125. The zero-order chi connectivity index (χ0) is 14.8. The Labute approximate surface area is 126 Å². The zero-order valence-electron chi connectivity index (χ0n) is 12.3. The van der Waals surface area contributed by atoms with Crippen LogP contribution in [0.3, 0.4) is 0 Å². The number of nitrogens with zero attached hydrogens (tertiary/aromatic N) is 2. The number of thioether (sulfide) groups is 1. The monoisotopic (exact) mass is 316 g/mol. The third-order valence-corrected chi connectivity index (χ3v) is 7.84. The number of sulfone groups is 1. The maximum Gasteiger partial charge on any atom is 0.150 e. The van der Waals surface area contributed by atoms with Crippen molar-refractivity contribution in [3.8, 4) is 6.07 Å². The summed E-state index contributed by atoms with van der Waals surface area (Å²) in [6.45, 7) is 1.85. The molecule has 0 spiro atoms. The summed E-state index contributed by atoms with van der Waals surface area (Å²) in [6, 6.07) is 2.85. The number of hydrogen-bond donors (Lipinski definition) is 0. The van der Waals surface area contributed by atoms with E-state index in [1.54, 1.807) is 11.8 Å². The average Bonchev–Trinajstić information content (AvgIpc) is 2.47. The largest absolute Gasteiger partial charge is 0.300 e. The minimum Gasteiger partial charge on any atom is -0.300 e. The number of likely N-dealkylation sites (tertiary alicyclic amines) is 1. The summed E-state index contributed by atoms with van der Waals surface area (Å²) in [5.74, 6) is 0. The molecule has 1 saturated carbocycles. The van der Waals surface area contributed by atoms with Gasteiger partial charge in [-0.1, -0.05) is 6.42 Å². The molecule has 1 heterocycles. The molecule has 114 valence electrons.